The van der Waals surface area contributed by atoms with Crippen molar-refractivity contribution in [3.05, 3.63) is 6.92 Å². The molecule has 3 nitrogen and oxygen atoms in total. The van der Waals surface area contributed by atoms with Crippen molar-refractivity contribution >= 4 is 11.8 Å². The molecule has 0 saturated heterocycles. The standard InChI is InChI=1S/C6H13O3S/c1-5(8)3-10-4-6(9)2-7/h5-9H,1-4H2. The van der Waals surface area contributed by atoms with Gasteiger partial charge >= 0.3 is 0 Å². The summed E-state index contributed by atoms with van der Waals surface area (Å²) < 4.78 is 0. The fraction of sp³-hybridized carbons (Fsp3) is 0.833. The zero-order valence-corrected chi connectivity index (χ0v) is 6.55. The van der Waals surface area contributed by atoms with Crippen LogP contribution in [0.4, 0.5) is 0 Å². The van der Waals surface area contributed by atoms with Gasteiger partial charge in [-0.1, -0.05) is 0 Å². The molecule has 4 heteroatoms. The van der Waals surface area contributed by atoms with Crippen LogP contribution in [0.15, 0.2) is 0 Å². The van der Waals surface area contributed by atoms with E-state index < -0.39 is 12.2 Å². The lowest BCUT2D eigenvalue weighted by Crippen LogP contribution is -2.16. The molecule has 0 aliphatic carbocycles. The van der Waals surface area contributed by atoms with Gasteiger partial charge in [-0.15, -0.1) is 0 Å². The van der Waals surface area contributed by atoms with E-state index in [0.717, 1.165) is 0 Å². The highest BCUT2D eigenvalue weighted by molar-refractivity contribution is 7.99. The van der Waals surface area contributed by atoms with E-state index in [4.69, 9.17) is 15.3 Å². The average molecular weight is 165 g/mol. The van der Waals surface area contributed by atoms with Gasteiger partial charge in [0.05, 0.1) is 18.8 Å². The summed E-state index contributed by atoms with van der Waals surface area (Å²) in [5.41, 5.74) is 0. The van der Waals surface area contributed by atoms with Gasteiger partial charge < -0.3 is 15.3 Å². The van der Waals surface area contributed by atoms with Crippen molar-refractivity contribution in [1.29, 1.82) is 0 Å². The Morgan fingerprint density at radius 2 is 1.90 bits per heavy atom. The Labute approximate surface area is 65.1 Å². The maximum Gasteiger partial charge on any atom is 0.0861 e. The minimum absolute atomic E-state index is 0.222. The van der Waals surface area contributed by atoms with Crippen LogP contribution in [0.5, 0.6) is 0 Å². The summed E-state index contributed by atoms with van der Waals surface area (Å²) in [4.78, 5) is 0. The second kappa shape index (κ2) is 5.97. The molecule has 2 atom stereocenters. The van der Waals surface area contributed by atoms with E-state index in [-0.39, 0.29) is 6.61 Å². The quantitative estimate of drug-likeness (QED) is 0.502. The fourth-order valence-electron chi connectivity index (χ4n) is 0.393. The van der Waals surface area contributed by atoms with Gasteiger partial charge in [-0.3, -0.25) is 0 Å². The van der Waals surface area contributed by atoms with Crippen LogP contribution in [0.3, 0.4) is 0 Å². The molecule has 2 unspecified atom stereocenters. The minimum Gasteiger partial charge on any atom is -0.394 e. The van der Waals surface area contributed by atoms with E-state index >= 15 is 0 Å². The number of hydrogen-bond donors (Lipinski definition) is 3. The molecule has 0 saturated carbocycles. The average Bonchev–Trinajstić information content (AvgIpc) is 1.87. The second-order valence-corrected chi connectivity index (χ2v) is 3.10. The Morgan fingerprint density at radius 1 is 1.30 bits per heavy atom. The van der Waals surface area contributed by atoms with Crippen molar-refractivity contribution in [2.45, 2.75) is 12.2 Å². The Bertz CT molecular complexity index is 77.4. The van der Waals surface area contributed by atoms with Crippen molar-refractivity contribution in [2.75, 3.05) is 18.1 Å². The number of rotatable bonds is 5. The molecule has 0 aromatic carbocycles. The molecule has 10 heavy (non-hydrogen) atoms. The van der Waals surface area contributed by atoms with E-state index in [1.54, 1.807) is 0 Å². The highest BCUT2D eigenvalue weighted by Crippen LogP contribution is 2.04. The zero-order valence-electron chi connectivity index (χ0n) is 5.73. The van der Waals surface area contributed by atoms with Gasteiger partial charge in [-0.25, -0.2) is 0 Å². The third kappa shape index (κ3) is 6.35. The summed E-state index contributed by atoms with van der Waals surface area (Å²) in [6.45, 7) is 3.13. The number of aliphatic hydroxyl groups is 3. The molecular weight excluding hydrogens is 152 g/mol. The molecule has 0 aliphatic heterocycles. The van der Waals surface area contributed by atoms with Gasteiger partial charge in [0.1, 0.15) is 0 Å². The Balaban J connectivity index is 3.03. The monoisotopic (exact) mass is 165 g/mol. The van der Waals surface area contributed by atoms with Gasteiger partial charge in [0.2, 0.25) is 0 Å². The molecule has 0 spiro atoms. The van der Waals surface area contributed by atoms with E-state index in [2.05, 4.69) is 6.92 Å². The SMILES string of the molecule is [CH2]C(O)CSCC(O)CO. The molecule has 0 amide bonds. The molecule has 0 aromatic heterocycles. The van der Waals surface area contributed by atoms with E-state index in [1.807, 2.05) is 0 Å². The lowest BCUT2D eigenvalue weighted by atomic mass is 10.4. The summed E-state index contributed by atoms with van der Waals surface area (Å²) in [6.07, 6.45) is -1.26. The Kier molecular flexibility index (Phi) is 6.11. The van der Waals surface area contributed by atoms with Crippen molar-refractivity contribution in [3.8, 4) is 0 Å². The van der Waals surface area contributed by atoms with Crippen LogP contribution >= 0.6 is 11.8 Å². The van der Waals surface area contributed by atoms with E-state index in [0.29, 0.717) is 11.5 Å². The molecule has 0 aromatic rings. The lowest BCUT2D eigenvalue weighted by molar-refractivity contribution is 0.113. The van der Waals surface area contributed by atoms with E-state index in [9.17, 15) is 0 Å². The van der Waals surface area contributed by atoms with Crippen LogP contribution in [0.25, 0.3) is 0 Å². The maximum atomic E-state index is 8.80. The summed E-state index contributed by atoms with van der Waals surface area (Å²) in [5.74, 6) is 0.945. The summed E-state index contributed by atoms with van der Waals surface area (Å²) in [6, 6.07) is 0. The number of aliphatic hydroxyl groups excluding tert-OH is 3. The van der Waals surface area contributed by atoms with Gasteiger partial charge in [0.15, 0.2) is 0 Å². The molecular formula is C6H13O3S. The van der Waals surface area contributed by atoms with Gasteiger partial charge in [0.25, 0.3) is 0 Å². The smallest absolute Gasteiger partial charge is 0.0861 e. The van der Waals surface area contributed by atoms with Crippen molar-refractivity contribution in [3.63, 3.8) is 0 Å². The summed E-state index contributed by atoms with van der Waals surface area (Å²) in [7, 11) is 0. The third-order valence-electron chi connectivity index (χ3n) is 0.831. The van der Waals surface area contributed by atoms with Crippen molar-refractivity contribution in [2.24, 2.45) is 0 Å². The first-order chi connectivity index (χ1) is 4.66. The lowest BCUT2D eigenvalue weighted by Gasteiger charge is -2.06. The highest BCUT2D eigenvalue weighted by atomic mass is 32.2. The zero-order chi connectivity index (χ0) is 7.98. The predicted molar refractivity (Wildman–Crippen MR) is 41.8 cm³/mol. The number of thioether (sulfide) groups is 1. The minimum atomic E-state index is -0.677. The summed E-state index contributed by atoms with van der Waals surface area (Å²) in [5, 5.41) is 25.8. The molecule has 0 rings (SSSR count). The topological polar surface area (TPSA) is 60.7 Å². The van der Waals surface area contributed by atoms with Gasteiger partial charge in [-0.05, 0) is 6.92 Å². The van der Waals surface area contributed by atoms with Crippen LogP contribution in [0.1, 0.15) is 0 Å². The largest absolute Gasteiger partial charge is 0.394 e. The van der Waals surface area contributed by atoms with Crippen LogP contribution in [-0.4, -0.2) is 45.6 Å². The highest BCUT2D eigenvalue weighted by Gasteiger charge is 2.02. The van der Waals surface area contributed by atoms with Crippen LogP contribution in [0, 0.1) is 6.92 Å². The third-order valence-corrected chi connectivity index (χ3v) is 2.07. The normalized spacial score (nSPS) is 16.8. The van der Waals surface area contributed by atoms with E-state index in [1.165, 1.54) is 11.8 Å². The predicted octanol–water partition coefficient (Wildman–Crippen LogP) is -0.732. The van der Waals surface area contributed by atoms with Crippen LogP contribution in [0.2, 0.25) is 0 Å². The first-order valence-electron chi connectivity index (χ1n) is 3.04. The van der Waals surface area contributed by atoms with Crippen molar-refractivity contribution < 1.29 is 15.3 Å². The molecule has 1 radical (unpaired) electrons. The summed E-state index contributed by atoms with van der Waals surface area (Å²) >= 11 is 1.37. The van der Waals surface area contributed by atoms with Gasteiger partial charge in [-0.2, -0.15) is 11.8 Å². The first kappa shape index (κ1) is 10.2. The van der Waals surface area contributed by atoms with Crippen LogP contribution in [-0.2, 0) is 0 Å². The second-order valence-electron chi connectivity index (χ2n) is 2.03. The van der Waals surface area contributed by atoms with Crippen LogP contribution < -0.4 is 0 Å². The molecule has 0 aliphatic rings. The molecule has 0 fully saturated rings. The number of hydrogen-bond acceptors (Lipinski definition) is 4. The maximum absolute atomic E-state index is 8.80. The molecule has 0 bridgehead atoms. The Morgan fingerprint density at radius 3 is 2.30 bits per heavy atom. The van der Waals surface area contributed by atoms with Crippen molar-refractivity contribution in [1.82, 2.24) is 0 Å². The fourth-order valence-corrected chi connectivity index (χ4v) is 1.18. The molecule has 3 N–H and O–H groups in total. The first-order valence-corrected chi connectivity index (χ1v) is 4.20. The molecule has 0 heterocycles. The molecule has 61 valence electrons. The van der Waals surface area contributed by atoms with Gasteiger partial charge in [0, 0.05) is 11.5 Å². The Hall–Kier alpha value is 0.230.